The molecule has 0 aliphatic rings. The molecule has 1 aromatic rings. The van der Waals surface area contributed by atoms with Gasteiger partial charge in [0.25, 0.3) is 0 Å². The highest BCUT2D eigenvalue weighted by atomic mass is 79.9. The number of halogens is 1. The third kappa shape index (κ3) is 2.15. The van der Waals surface area contributed by atoms with Crippen molar-refractivity contribution in [3.63, 3.8) is 0 Å². The molecule has 1 rings (SSSR count). The first-order valence-electron chi connectivity index (χ1n) is 3.64. The first-order chi connectivity index (χ1) is 5.65. The van der Waals surface area contributed by atoms with Gasteiger partial charge in [-0.25, -0.2) is 0 Å². The second kappa shape index (κ2) is 4.16. The van der Waals surface area contributed by atoms with E-state index >= 15 is 0 Å². The normalized spacial score (nSPS) is 10.2. The van der Waals surface area contributed by atoms with E-state index < -0.39 is 0 Å². The van der Waals surface area contributed by atoms with Crippen molar-refractivity contribution in [1.29, 1.82) is 0 Å². The highest BCUT2D eigenvalue weighted by Crippen LogP contribution is 2.26. The maximum Gasteiger partial charge on any atom is 0.174 e. The molecular formula is C8H10BrNOS. The van der Waals surface area contributed by atoms with E-state index in [4.69, 9.17) is 5.73 Å². The Hall–Kier alpha value is -0.190. The summed E-state index contributed by atoms with van der Waals surface area (Å²) < 4.78 is 1.01. The van der Waals surface area contributed by atoms with Gasteiger partial charge in [-0.2, -0.15) is 0 Å². The smallest absolute Gasteiger partial charge is 0.174 e. The van der Waals surface area contributed by atoms with Crippen molar-refractivity contribution < 1.29 is 4.79 Å². The Morgan fingerprint density at radius 3 is 2.83 bits per heavy atom. The van der Waals surface area contributed by atoms with E-state index in [1.807, 2.05) is 13.0 Å². The van der Waals surface area contributed by atoms with Crippen LogP contribution >= 0.6 is 27.3 Å². The van der Waals surface area contributed by atoms with Crippen molar-refractivity contribution in [2.24, 2.45) is 5.73 Å². The van der Waals surface area contributed by atoms with Crippen LogP contribution in [0.5, 0.6) is 0 Å². The number of nitrogens with two attached hydrogens (primary N) is 1. The third-order valence-corrected chi connectivity index (χ3v) is 3.68. The van der Waals surface area contributed by atoms with Crippen LogP contribution in [-0.4, -0.2) is 12.3 Å². The van der Waals surface area contributed by atoms with Crippen LogP contribution in [0.25, 0.3) is 0 Å². The van der Waals surface area contributed by atoms with Crippen molar-refractivity contribution in [3.8, 4) is 0 Å². The van der Waals surface area contributed by atoms with Crippen LogP contribution in [0.3, 0.4) is 0 Å². The summed E-state index contributed by atoms with van der Waals surface area (Å²) >= 11 is 4.87. The van der Waals surface area contributed by atoms with Crippen LogP contribution in [0.4, 0.5) is 0 Å². The summed E-state index contributed by atoms with van der Waals surface area (Å²) in [5, 5.41) is 0. The van der Waals surface area contributed by atoms with Gasteiger partial charge in [0.1, 0.15) is 0 Å². The molecule has 0 aromatic carbocycles. The molecule has 1 aromatic heterocycles. The van der Waals surface area contributed by atoms with Gasteiger partial charge in [-0.3, -0.25) is 4.79 Å². The first-order valence-corrected chi connectivity index (χ1v) is 5.25. The van der Waals surface area contributed by atoms with Gasteiger partial charge in [0.15, 0.2) is 5.78 Å². The van der Waals surface area contributed by atoms with Crippen molar-refractivity contribution >= 4 is 33.0 Å². The molecular weight excluding hydrogens is 238 g/mol. The third-order valence-electron chi connectivity index (χ3n) is 1.50. The van der Waals surface area contributed by atoms with Crippen LogP contribution in [0.2, 0.25) is 0 Å². The molecule has 0 radical (unpaired) electrons. The lowest BCUT2D eigenvalue weighted by Gasteiger charge is -1.91. The van der Waals surface area contributed by atoms with E-state index in [2.05, 4.69) is 15.9 Å². The van der Waals surface area contributed by atoms with Gasteiger partial charge in [0.05, 0.1) is 4.88 Å². The van der Waals surface area contributed by atoms with Crippen molar-refractivity contribution in [1.82, 2.24) is 0 Å². The fourth-order valence-electron chi connectivity index (χ4n) is 0.852. The maximum absolute atomic E-state index is 11.3. The van der Waals surface area contributed by atoms with Gasteiger partial charge in [0.2, 0.25) is 0 Å². The number of rotatable bonds is 3. The van der Waals surface area contributed by atoms with Gasteiger partial charge >= 0.3 is 0 Å². The van der Waals surface area contributed by atoms with E-state index in [0.717, 1.165) is 14.2 Å². The van der Waals surface area contributed by atoms with Crippen LogP contribution in [0, 0.1) is 6.92 Å². The zero-order chi connectivity index (χ0) is 9.14. The zero-order valence-electron chi connectivity index (χ0n) is 6.76. The molecule has 0 saturated carbocycles. The van der Waals surface area contributed by atoms with Crippen LogP contribution in [-0.2, 0) is 0 Å². The Kier molecular flexibility index (Phi) is 3.43. The van der Waals surface area contributed by atoms with Crippen LogP contribution in [0.1, 0.15) is 21.0 Å². The van der Waals surface area contributed by atoms with E-state index in [1.54, 1.807) is 0 Å². The lowest BCUT2D eigenvalue weighted by Crippen LogP contribution is -2.06. The Labute approximate surface area is 83.9 Å². The molecule has 0 bridgehead atoms. The molecule has 0 fully saturated rings. The Morgan fingerprint density at radius 1 is 1.75 bits per heavy atom. The van der Waals surface area contributed by atoms with E-state index in [0.29, 0.717) is 13.0 Å². The molecule has 0 saturated heterocycles. The van der Waals surface area contributed by atoms with Gasteiger partial charge in [-0.15, -0.1) is 11.3 Å². The molecule has 12 heavy (non-hydrogen) atoms. The van der Waals surface area contributed by atoms with E-state index in [9.17, 15) is 4.79 Å². The fraction of sp³-hybridized carbons (Fsp3) is 0.375. The number of hydrogen-bond acceptors (Lipinski definition) is 3. The molecule has 66 valence electrons. The van der Waals surface area contributed by atoms with Crippen molar-refractivity contribution in [3.05, 3.63) is 20.3 Å². The van der Waals surface area contributed by atoms with Gasteiger partial charge < -0.3 is 5.73 Å². The maximum atomic E-state index is 11.3. The average Bonchev–Trinajstić information content (AvgIpc) is 2.33. The van der Waals surface area contributed by atoms with Gasteiger partial charge in [-0.05, 0) is 35.5 Å². The summed E-state index contributed by atoms with van der Waals surface area (Å²) in [5.74, 6) is 0.135. The molecule has 0 aliphatic carbocycles. The highest BCUT2D eigenvalue weighted by Gasteiger charge is 2.09. The second-order valence-corrected chi connectivity index (χ2v) is 4.59. The molecule has 4 heteroatoms. The number of Topliss-reactive ketones (excluding diaryl/α,β-unsaturated/α-hetero) is 1. The van der Waals surface area contributed by atoms with E-state index in [-0.39, 0.29) is 5.78 Å². The zero-order valence-corrected chi connectivity index (χ0v) is 9.17. The number of aryl methyl sites for hydroxylation is 1. The number of thiophene rings is 1. The second-order valence-electron chi connectivity index (χ2n) is 2.48. The summed E-state index contributed by atoms with van der Waals surface area (Å²) in [4.78, 5) is 13.3. The van der Waals surface area contributed by atoms with Crippen molar-refractivity contribution in [2.45, 2.75) is 13.3 Å². The minimum absolute atomic E-state index is 0.135. The molecule has 2 N–H and O–H groups in total. The topological polar surface area (TPSA) is 43.1 Å². The summed E-state index contributed by atoms with van der Waals surface area (Å²) in [6.07, 6.45) is 0.437. The Bertz CT molecular complexity index is 276. The number of ketones is 1. The molecule has 0 aliphatic heterocycles. The van der Waals surface area contributed by atoms with Crippen molar-refractivity contribution in [2.75, 3.05) is 6.54 Å². The van der Waals surface area contributed by atoms with Crippen LogP contribution < -0.4 is 5.73 Å². The standard InChI is InChI=1S/C8H10BrNOS/c1-5-6(9)4-8(12-5)7(11)2-3-10/h4H,2-3,10H2,1H3. The quantitative estimate of drug-likeness (QED) is 0.834. The van der Waals surface area contributed by atoms with E-state index in [1.165, 1.54) is 11.3 Å². The molecule has 2 nitrogen and oxygen atoms in total. The van der Waals surface area contributed by atoms with Gasteiger partial charge in [-0.1, -0.05) is 0 Å². The summed E-state index contributed by atoms with van der Waals surface area (Å²) in [6, 6.07) is 1.86. The number of hydrogen-bond donors (Lipinski definition) is 1. The minimum atomic E-state index is 0.135. The largest absolute Gasteiger partial charge is 0.330 e. The number of carbonyl (C=O) groups is 1. The summed E-state index contributed by atoms with van der Waals surface area (Å²) in [7, 11) is 0. The Balaban J connectivity index is 2.82. The molecule has 0 atom stereocenters. The Morgan fingerprint density at radius 2 is 2.42 bits per heavy atom. The minimum Gasteiger partial charge on any atom is -0.330 e. The van der Waals surface area contributed by atoms with Gasteiger partial charge in [0, 0.05) is 15.8 Å². The first kappa shape index (κ1) is 9.89. The SMILES string of the molecule is Cc1sc(C(=O)CCN)cc1Br. The van der Waals surface area contributed by atoms with Crippen LogP contribution in [0.15, 0.2) is 10.5 Å². The highest BCUT2D eigenvalue weighted by molar-refractivity contribution is 9.10. The lowest BCUT2D eigenvalue weighted by molar-refractivity contribution is 0.0989. The molecule has 1 heterocycles. The fourth-order valence-corrected chi connectivity index (χ4v) is 2.35. The summed E-state index contributed by atoms with van der Waals surface area (Å²) in [5.41, 5.74) is 5.28. The lowest BCUT2D eigenvalue weighted by atomic mass is 10.2. The average molecular weight is 248 g/mol. The molecule has 0 spiro atoms. The predicted molar refractivity (Wildman–Crippen MR) is 54.8 cm³/mol. The monoisotopic (exact) mass is 247 g/mol. The molecule has 0 unspecified atom stereocenters. The molecule has 0 amide bonds. The predicted octanol–water partition coefficient (Wildman–Crippen LogP) is 2.35. The summed E-state index contributed by atoms with van der Waals surface area (Å²) in [6.45, 7) is 2.40. The number of carbonyl (C=O) groups excluding carboxylic acids is 1.